The molecule has 0 unspecified atom stereocenters. The SMILES string of the molecule is CCc1ccc(C(C)(C)C(=O)NCC2(O)CCC2)cc1. The van der Waals surface area contributed by atoms with Crippen molar-refractivity contribution in [2.75, 3.05) is 6.54 Å². The molecule has 1 aromatic rings. The molecular formula is C17H25NO2. The summed E-state index contributed by atoms with van der Waals surface area (Å²) in [5, 5.41) is 13.0. The lowest BCUT2D eigenvalue weighted by Crippen LogP contribution is -2.51. The Morgan fingerprint density at radius 2 is 1.90 bits per heavy atom. The maximum absolute atomic E-state index is 12.4. The van der Waals surface area contributed by atoms with Gasteiger partial charge in [-0.1, -0.05) is 31.2 Å². The third-order valence-electron chi connectivity index (χ3n) is 4.51. The van der Waals surface area contributed by atoms with Crippen LogP contribution in [-0.4, -0.2) is 23.2 Å². The maximum atomic E-state index is 12.4. The zero-order valence-corrected chi connectivity index (χ0v) is 12.7. The molecule has 1 saturated carbocycles. The van der Waals surface area contributed by atoms with Crippen molar-refractivity contribution in [2.45, 2.75) is 57.5 Å². The Kier molecular flexibility index (Phi) is 4.19. The third-order valence-corrected chi connectivity index (χ3v) is 4.51. The van der Waals surface area contributed by atoms with Crippen molar-refractivity contribution in [3.63, 3.8) is 0 Å². The molecule has 0 bridgehead atoms. The normalized spacial score (nSPS) is 17.4. The van der Waals surface area contributed by atoms with Gasteiger partial charge in [-0.15, -0.1) is 0 Å². The number of benzene rings is 1. The fraction of sp³-hybridized carbons (Fsp3) is 0.588. The van der Waals surface area contributed by atoms with E-state index < -0.39 is 11.0 Å². The molecule has 2 rings (SSSR count). The average molecular weight is 275 g/mol. The summed E-state index contributed by atoms with van der Waals surface area (Å²) in [4.78, 5) is 12.4. The monoisotopic (exact) mass is 275 g/mol. The minimum atomic E-state index is -0.669. The first-order valence-electron chi connectivity index (χ1n) is 7.47. The maximum Gasteiger partial charge on any atom is 0.230 e. The first kappa shape index (κ1) is 15.0. The zero-order chi connectivity index (χ0) is 14.8. The largest absolute Gasteiger partial charge is 0.388 e. The topological polar surface area (TPSA) is 49.3 Å². The van der Waals surface area contributed by atoms with Crippen LogP contribution < -0.4 is 5.32 Å². The lowest BCUT2D eigenvalue weighted by atomic mass is 9.79. The van der Waals surface area contributed by atoms with Crippen LogP contribution in [0.15, 0.2) is 24.3 Å². The van der Waals surface area contributed by atoms with Gasteiger partial charge in [-0.05, 0) is 50.7 Å². The van der Waals surface area contributed by atoms with E-state index in [9.17, 15) is 9.90 Å². The molecule has 0 spiro atoms. The third kappa shape index (κ3) is 3.04. The quantitative estimate of drug-likeness (QED) is 0.867. The fourth-order valence-corrected chi connectivity index (χ4v) is 2.52. The van der Waals surface area contributed by atoms with Crippen LogP contribution in [0.4, 0.5) is 0 Å². The summed E-state index contributed by atoms with van der Waals surface area (Å²) in [6.45, 7) is 6.33. The Bertz CT molecular complexity index is 472. The first-order valence-corrected chi connectivity index (χ1v) is 7.47. The van der Waals surface area contributed by atoms with E-state index in [0.717, 1.165) is 31.2 Å². The van der Waals surface area contributed by atoms with Crippen molar-refractivity contribution in [1.29, 1.82) is 0 Å². The second-order valence-corrected chi connectivity index (χ2v) is 6.44. The second kappa shape index (κ2) is 5.57. The van der Waals surface area contributed by atoms with Gasteiger partial charge in [-0.3, -0.25) is 4.79 Å². The molecule has 1 amide bonds. The van der Waals surface area contributed by atoms with Crippen molar-refractivity contribution in [3.05, 3.63) is 35.4 Å². The molecule has 0 heterocycles. The Balaban J connectivity index is 2.01. The molecule has 0 aromatic heterocycles. The first-order chi connectivity index (χ1) is 9.37. The summed E-state index contributed by atoms with van der Waals surface area (Å²) in [6, 6.07) is 8.20. The fourth-order valence-electron chi connectivity index (χ4n) is 2.52. The van der Waals surface area contributed by atoms with Crippen molar-refractivity contribution in [1.82, 2.24) is 5.32 Å². The van der Waals surface area contributed by atoms with Gasteiger partial charge < -0.3 is 10.4 Å². The van der Waals surface area contributed by atoms with E-state index in [1.807, 2.05) is 26.0 Å². The molecule has 1 aromatic carbocycles. The predicted molar refractivity (Wildman–Crippen MR) is 80.7 cm³/mol. The van der Waals surface area contributed by atoms with Gasteiger partial charge in [-0.2, -0.15) is 0 Å². The molecule has 1 fully saturated rings. The van der Waals surface area contributed by atoms with Gasteiger partial charge in [0.15, 0.2) is 0 Å². The van der Waals surface area contributed by atoms with Crippen molar-refractivity contribution in [2.24, 2.45) is 0 Å². The summed E-state index contributed by atoms with van der Waals surface area (Å²) < 4.78 is 0. The van der Waals surface area contributed by atoms with Crippen molar-refractivity contribution in [3.8, 4) is 0 Å². The molecule has 0 saturated heterocycles. The van der Waals surface area contributed by atoms with Crippen molar-refractivity contribution < 1.29 is 9.90 Å². The lowest BCUT2D eigenvalue weighted by molar-refractivity contribution is -0.128. The molecule has 0 radical (unpaired) electrons. The van der Waals surface area contributed by atoms with Gasteiger partial charge in [0, 0.05) is 6.54 Å². The number of hydrogen-bond acceptors (Lipinski definition) is 2. The highest BCUT2D eigenvalue weighted by atomic mass is 16.3. The van der Waals surface area contributed by atoms with Gasteiger partial charge in [0.1, 0.15) is 0 Å². The van der Waals surface area contributed by atoms with E-state index in [1.165, 1.54) is 5.56 Å². The molecule has 1 aliphatic carbocycles. The van der Waals surface area contributed by atoms with E-state index in [1.54, 1.807) is 0 Å². The van der Waals surface area contributed by atoms with Gasteiger partial charge in [0.2, 0.25) is 5.91 Å². The number of hydrogen-bond donors (Lipinski definition) is 2. The molecule has 110 valence electrons. The molecule has 1 aliphatic rings. The summed E-state index contributed by atoms with van der Waals surface area (Å²) in [6.07, 6.45) is 3.63. The van der Waals surface area contributed by atoms with Crippen LogP contribution in [0, 0.1) is 0 Å². The molecule has 3 nitrogen and oxygen atoms in total. The molecule has 0 aliphatic heterocycles. The molecule has 0 atom stereocenters. The van der Waals surface area contributed by atoms with Gasteiger partial charge >= 0.3 is 0 Å². The summed E-state index contributed by atoms with van der Waals surface area (Å²) in [5.41, 5.74) is 1.03. The Morgan fingerprint density at radius 3 is 2.35 bits per heavy atom. The summed E-state index contributed by atoms with van der Waals surface area (Å²) >= 11 is 0. The van der Waals surface area contributed by atoms with Crippen LogP contribution in [0.5, 0.6) is 0 Å². The van der Waals surface area contributed by atoms with E-state index in [4.69, 9.17) is 0 Å². The Labute approximate surface area is 121 Å². The standard InChI is InChI=1S/C17H25NO2/c1-4-13-6-8-14(9-7-13)16(2,3)15(19)18-12-17(20)10-5-11-17/h6-9,20H,4-5,10-12H2,1-3H3,(H,18,19). The number of carbonyl (C=O) groups is 1. The molecule has 3 heteroatoms. The molecule has 2 N–H and O–H groups in total. The summed E-state index contributed by atoms with van der Waals surface area (Å²) in [5.74, 6) is -0.0259. The lowest BCUT2D eigenvalue weighted by Gasteiger charge is -2.37. The van der Waals surface area contributed by atoms with Gasteiger partial charge in [0.25, 0.3) is 0 Å². The second-order valence-electron chi connectivity index (χ2n) is 6.44. The predicted octanol–water partition coefficient (Wildman–Crippen LogP) is 2.56. The Hall–Kier alpha value is -1.35. The van der Waals surface area contributed by atoms with Gasteiger partial charge in [0.05, 0.1) is 11.0 Å². The smallest absolute Gasteiger partial charge is 0.230 e. The van der Waals surface area contributed by atoms with Gasteiger partial charge in [-0.25, -0.2) is 0 Å². The van der Waals surface area contributed by atoms with Crippen LogP contribution >= 0.6 is 0 Å². The van der Waals surface area contributed by atoms with E-state index in [2.05, 4.69) is 24.4 Å². The minimum Gasteiger partial charge on any atom is -0.388 e. The Morgan fingerprint density at radius 1 is 1.30 bits per heavy atom. The highest BCUT2D eigenvalue weighted by Gasteiger charge is 2.37. The van der Waals surface area contributed by atoms with Crippen LogP contribution in [0.3, 0.4) is 0 Å². The highest BCUT2D eigenvalue weighted by Crippen LogP contribution is 2.31. The number of amides is 1. The number of carbonyl (C=O) groups excluding carboxylic acids is 1. The number of aliphatic hydroxyl groups is 1. The highest BCUT2D eigenvalue weighted by molar-refractivity contribution is 5.87. The van der Waals surface area contributed by atoms with Crippen LogP contribution in [0.2, 0.25) is 0 Å². The summed E-state index contributed by atoms with van der Waals surface area (Å²) in [7, 11) is 0. The van der Waals surface area contributed by atoms with Crippen molar-refractivity contribution >= 4 is 5.91 Å². The van der Waals surface area contributed by atoms with Crippen LogP contribution in [0.1, 0.15) is 51.2 Å². The minimum absolute atomic E-state index is 0.0259. The number of aryl methyl sites for hydroxylation is 1. The zero-order valence-electron chi connectivity index (χ0n) is 12.7. The average Bonchev–Trinajstić information content (AvgIpc) is 2.42. The molecular weight excluding hydrogens is 250 g/mol. The van der Waals surface area contributed by atoms with Crippen LogP contribution in [0.25, 0.3) is 0 Å². The van der Waals surface area contributed by atoms with E-state index >= 15 is 0 Å². The van der Waals surface area contributed by atoms with Crippen LogP contribution in [-0.2, 0) is 16.6 Å². The number of rotatable bonds is 5. The van der Waals surface area contributed by atoms with E-state index in [-0.39, 0.29) is 5.91 Å². The van der Waals surface area contributed by atoms with E-state index in [0.29, 0.717) is 6.54 Å². The number of nitrogens with one attached hydrogen (secondary N) is 1. The molecule has 20 heavy (non-hydrogen) atoms.